The van der Waals surface area contributed by atoms with Gasteiger partial charge in [0.25, 0.3) is 0 Å². The third-order valence-electron chi connectivity index (χ3n) is 4.73. The molecule has 1 aliphatic rings. The molecule has 24 heavy (non-hydrogen) atoms. The fourth-order valence-corrected chi connectivity index (χ4v) is 6.00. The van der Waals surface area contributed by atoms with Crippen molar-refractivity contribution < 1.29 is 8.42 Å². The second kappa shape index (κ2) is 6.94. The Morgan fingerprint density at radius 3 is 2.75 bits per heavy atom. The van der Waals surface area contributed by atoms with Gasteiger partial charge in [-0.25, -0.2) is 13.4 Å². The van der Waals surface area contributed by atoms with Crippen molar-refractivity contribution in [1.29, 1.82) is 0 Å². The summed E-state index contributed by atoms with van der Waals surface area (Å²) in [4.78, 5) is 4.91. The first-order valence-corrected chi connectivity index (χ1v) is 10.8. The topological polar surface area (TPSA) is 50.3 Å². The van der Waals surface area contributed by atoms with E-state index in [0.717, 1.165) is 47.5 Å². The quantitative estimate of drug-likeness (QED) is 0.809. The molecule has 1 fully saturated rings. The minimum atomic E-state index is -3.47. The van der Waals surface area contributed by atoms with Crippen LogP contribution < -0.4 is 0 Å². The Morgan fingerprint density at radius 1 is 1.29 bits per heavy atom. The number of piperidine rings is 1. The van der Waals surface area contributed by atoms with Crippen LogP contribution in [0.5, 0.6) is 0 Å². The fourth-order valence-electron chi connectivity index (χ4n) is 3.36. The summed E-state index contributed by atoms with van der Waals surface area (Å²) in [5.74, 6) is 0. The smallest absolute Gasteiger partial charge is 0.242 e. The van der Waals surface area contributed by atoms with Crippen LogP contribution >= 0.6 is 11.3 Å². The maximum absolute atomic E-state index is 13.3. The highest BCUT2D eigenvalue weighted by atomic mass is 32.2. The van der Waals surface area contributed by atoms with Crippen LogP contribution in [0.25, 0.3) is 11.3 Å². The number of thiazole rings is 1. The van der Waals surface area contributed by atoms with Crippen molar-refractivity contribution >= 4 is 21.4 Å². The van der Waals surface area contributed by atoms with E-state index in [0.29, 0.717) is 11.4 Å². The number of aryl methyl sites for hydroxylation is 2. The Morgan fingerprint density at radius 2 is 2.08 bits per heavy atom. The summed E-state index contributed by atoms with van der Waals surface area (Å²) in [6.07, 6.45) is 3.88. The minimum absolute atomic E-state index is 0.119. The lowest BCUT2D eigenvalue weighted by atomic mass is 10.0. The maximum atomic E-state index is 13.3. The van der Waals surface area contributed by atoms with Crippen LogP contribution in [0, 0.1) is 13.8 Å². The van der Waals surface area contributed by atoms with Crippen molar-refractivity contribution in [3.63, 3.8) is 0 Å². The average molecular weight is 365 g/mol. The van der Waals surface area contributed by atoms with Gasteiger partial charge in [-0.1, -0.05) is 25.5 Å². The molecular weight excluding hydrogens is 340 g/mol. The molecule has 1 unspecified atom stereocenters. The predicted octanol–water partition coefficient (Wildman–Crippen LogP) is 4.38. The Bertz CT molecular complexity index is 827. The molecule has 1 atom stereocenters. The number of sulfonamides is 1. The lowest BCUT2D eigenvalue weighted by Crippen LogP contribution is -2.43. The van der Waals surface area contributed by atoms with Gasteiger partial charge in [0.2, 0.25) is 10.0 Å². The molecule has 0 saturated carbocycles. The summed E-state index contributed by atoms with van der Waals surface area (Å²) in [5.41, 5.74) is 2.51. The highest BCUT2D eigenvalue weighted by Crippen LogP contribution is 2.31. The highest BCUT2D eigenvalue weighted by Gasteiger charge is 2.33. The summed E-state index contributed by atoms with van der Waals surface area (Å²) in [5, 5.41) is 2.96. The van der Waals surface area contributed by atoms with E-state index in [1.54, 1.807) is 21.7 Å². The van der Waals surface area contributed by atoms with Crippen LogP contribution in [0.3, 0.4) is 0 Å². The minimum Gasteiger partial charge on any atom is -0.242 e. The van der Waals surface area contributed by atoms with Gasteiger partial charge in [0.1, 0.15) is 0 Å². The molecule has 1 aromatic carbocycles. The zero-order valence-electron chi connectivity index (χ0n) is 14.4. The molecule has 2 aromatic rings. The Labute approximate surface area is 148 Å². The molecule has 0 amide bonds. The summed E-state index contributed by atoms with van der Waals surface area (Å²) >= 11 is 1.58. The second-order valence-electron chi connectivity index (χ2n) is 6.41. The van der Waals surface area contributed by atoms with Gasteiger partial charge < -0.3 is 0 Å². The van der Waals surface area contributed by atoms with Crippen molar-refractivity contribution in [3.05, 3.63) is 34.2 Å². The molecule has 4 nitrogen and oxygen atoms in total. The van der Waals surface area contributed by atoms with Crippen molar-refractivity contribution in [2.24, 2.45) is 0 Å². The molecule has 0 aliphatic carbocycles. The number of rotatable bonds is 4. The zero-order valence-corrected chi connectivity index (χ0v) is 16.1. The summed E-state index contributed by atoms with van der Waals surface area (Å²) in [6.45, 7) is 6.52. The van der Waals surface area contributed by atoms with Crippen LogP contribution in [0.4, 0.5) is 0 Å². The second-order valence-corrected chi connectivity index (χ2v) is 9.33. The van der Waals surface area contributed by atoms with Gasteiger partial charge in [0, 0.05) is 23.5 Å². The lowest BCUT2D eigenvalue weighted by molar-refractivity contribution is 0.246. The Hall–Kier alpha value is -1.24. The molecule has 2 heterocycles. The molecule has 0 bridgehead atoms. The van der Waals surface area contributed by atoms with Gasteiger partial charge in [-0.2, -0.15) is 4.31 Å². The number of hydrogen-bond acceptors (Lipinski definition) is 4. The average Bonchev–Trinajstić information content (AvgIpc) is 3.01. The SMILES string of the molecule is CCC1CCCCN1S(=O)(=O)c1cc(-c2csc(C)n2)ccc1C. The van der Waals surface area contributed by atoms with Gasteiger partial charge in [-0.05, 0) is 44.7 Å². The molecule has 0 N–H and O–H groups in total. The maximum Gasteiger partial charge on any atom is 0.243 e. The van der Waals surface area contributed by atoms with E-state index in [1.807, 2.05) is 31.4 Å². The third-order valence-corrected chi connectivity index (χ3v) is 7.60. The monoisotopic (exact) mass is 364 g/mol. The van der Waals surface area contributed by atoms with Crippen LogP contribution in [-0.4, -0.2) is 30.3 Å². The molecule has 0 radical (unpaired) electrons. The molecule has 0 spiro atoms. The Balaban J connectivity index is 2.04. The molecule has 6 heteroatoms. The van der Waals surface area contributed by atoms with Gasteiger partial charge >= 0.3 is 0 Å². The first-order valence-electron chi connectivity index (χ1n) is 8.48. The van der Waals surface area contributed by atoms with E-state index in [-0.39, 0.29) is 6.04 Å². The van der Waals surface area contributed by atoms with E-state index in [2.05, 4.69) is 11.9 Å². The third kappa shape index (κ3) is 3.27. The van der Waals surface area contributed by atoms with E-state index < -0.39 is 10.0 Å². The molecule has 1 saturated heterocycles. The summed E-state index contributed by atoms with van der Waals surface area (Å²) in [7, 11) is -3.47. The first-order chi connectivity index (χ1) is 11.4. The van der Waals surface area contributed by atoms with E-state index >= 15 is 0 Å². The van der Waals surface area contributed by atoms with Gasteiger partial charge in [-0.3, -0.25) is 0 Å². The molecule has 130 valence electrons. The van der Waals surface area contributed by atoms with Crippen LogP contribution in [0.1, 0.15) is 43.2 Å². The van der Waals surface area contributed by atoms with Crippen molar-refractivity contribution in [3.8, 4) is 11.3 Å². The zero-order chi connectivity index (χ0) is 17.3. The Kier molecular flexibility index (Phi) is 5.08. The van der Waals surface area contributed by atoms with Crippen LogP contribution in [0.15, 0.2) is 28.5 Å². The predicted molar refractivity (Wildman–Crippen MR) is 98.8 cm³/mol. The number of hydrogen-bond donors (Lipinski definition) is 0. The summed E-state index contributed by atoms with van der Waals surface area (Å²) in [6, 6.07) is 5.76. The number of benzene rings is 1. The van der Waals surface area contributed by atoms with Crippen LogP contribution in [0.2, 0.25) is 0 Å². The van der Waals surface area contributed by atoms with Crippen molar-refractivity contribution in [1.82, 2.24) is 9.29 Å². The number of nitrogens with zero attached hydrogens (tertiary/aromatic N) is 2. The largest absolute Gasteiger partial charge is 0.243 e. The normalized spacial score (nSPS) is 19.5. The first kappa shape index (κ1) is 17.6. The molecule has 1 aliphatic heterocycles. The van der Waals surface area contributed by atoms with Crippen molar-refractivity contribution in [2.75, 3.05) is 6.54 Å². The molecule has 3 rings (SSSR count). The summed E-state index contributed by atoms with van der Waals surface area (Å²) < 4.78 is 28.3. The van der Waals surface area contributed by atoms with E-state index in [9.17, 15) is 8.42 Å². The number of aromatic nitrogens is 1. The van der Waals surface area contributed by atoms with Gasteiger partial charge in [0.15, 0.2) is 0 Å². The van der Waals surface area contributed by atoms with Gasteiger partial charge in [0.05, 0.1) is 15.6 Å². The van der Waals surface area contributed by atoms with E-state index in [4.69, 9.17) is 0 Å². The fraction of sp³-hybridized carbons (Fsp3) is 0.500. The molecule has 1 aromatic heterocycles. The standard InChI is InChI=1S/C18H24N2O2S2/c1-4-16-7-5-6-10-20(16)24(21,22)18-11-15(9-8-13(18)2)17-12-23-14(3)19-17/h8-9,11-12,16H,4-7,10H2,1-3H3. The van der Waals surface area contributed by atoms with Gasteiger partial charge in [-0.15, -0.1) is 11.3 Å². The molecular formula is C18H24N2O2S2. The lowest BCUT2D eigenvalue weighted by Gasteiger charge is -2.34. The van der Waals surface area contributed by atoms with Crippen molar-refractivity contribution in [2.45, 2.75) is 57.4 Å². The highest BCUT2D eigenvalue weighted by molar-refractivity contribution is 7.89. The van der Waals surface area contributed by atoms with E-state index in [1.165, 1.54) is 0 Å². The van der Waals surface area contributed by atoms with Crippen LogP contribution in [-0.2, 0) is 10.0 Å².